The van der Waals surface area contributed by atoms with Gasteiger partial charge < -0.3 is 4.74 Å². The molecule has 0 radical (unpaired) electrons. The Morgan fingerprint density at radius 2 is 2.08 bits per heavy atom. The lowest BCUT2D eigenvalue weighted by Crippen LogP contribution is -2.22. The van der Waals surface area contributed by atoms with Gasteiger partial charge in [0, 0.05) is 0 Å². The number of rotatable bonds is 5. The van der Waals surface area contributed by atoms with Crippen LogP contribution in [-0.4, -0.2) is 17.9 Å². The third kappa shape index (κ3) is 5.58. The van der Waals surface area contributed by atoms with E-state index in [-0.39, 0.29) is 16.7 Å². The summed E-state index contributed by atoms with van der Waals surface area (Å²) >= 11 is 3.05. The van der Waals surface area contributed by atoms with Crippen LogP contribution in [-0.2, 0) is 9.53 Å². The van der Waals surface area contributed by atoms with Gasteiger partial charge in [-0.2, -0.15) is 0 Å². The molecule has 0 aliphatic rings. The molecule has 3 heteroatoms. The average Bonchev–Trinajstić information content (AvgIpc) is 2.00. The molecular formula is C9H17BrO2. The fourth-order valence-corrected chi connectivity index (χ4v) is 1.23. The number of hydrogen-bond donors (Lipinski definition) is 0. The second-order valence-electron chi connectivity index (χ2n) is 3.71. The van der Waals surface area contributed by atoms with E-state index in [1.165, 1.54) is 0 Å². The molecule has 0 aliphatic heterocycles. The van der Waals surface area contributed by atoms with E-state index in [0.29, 0.717) is 6.61 Å². The van der Waals surface area contributed by atoms with E-state index in [1.54, 1.807) is 0 Å². The third-order valence-electron chi connectivity index (χ3n) is 1.66. The molecule has 0 bridgehead atoms. The Labute approximate surface area is 82.8 Å². The fourth-order valence-electron chi connectivity index (χ4n) is 1.06. The Kier molecular flexibility index (Phi) is 5.55. The molecule has 0 saturated heterocycles. The van der Waals surface area contributed by atoms with Gasteiger partial charge in [0.25, 0.3) is 0 Å². The van der Waals surface area contributed by atoms with E-state index in [4.69, 9.17) is 4.74 Å². The summed E-state index contributed by atoms with van der Waals surface area (Å²) in [6, 6.07) is 0. The van der Waals surface area contributed by atoms with Gasteiger partial charge in [0.05, 0.1) is 6.61 Å². The zero-order chi connectivity index (χ0) is 9.61. The number of ether oxygens (including phenoxy) is 1. The number of esters is 1. The van der Waals surface area contributed by atoms with Crippen LogP contribution in [0, 0.1) is 5.41 Å². The maximum Gasteiger partial charge on any atom is 0.316 e. The molecule has 0 aromatic carbocycles. The van der Waals surface area contributed by atoms with Crippen LogP contribution >= 0.6 is 15.9 Å². The predicted molar refractivity (Wildman–Crippen MR) is 53.4 cm³/mol. The van der Waals surface area contributed by atoms with E-state index < -0.39 is 0 Å². The summed E-state index contributed by atoms with van der Waals surface area (Å²) < 4.78 is 5.02. The highest BCUT2D eigenvalue weighted by Gasteiger charge is 2.18. The molecule has 0 aromatic rings. The van der Waals surface area contributed by atoms with Crippen molar-refractivity contribution in [3.8, 4) is 0 Å². The molecule has 12 heavy (non-hydrogen) atoms. The molecule has 0 spiro atoms. The zero-order valence-electron chi connectivity index (χ0n) is 8.02. The minimum absolute atomic E-state index is 0.118. The van der Waals surface area contributed by atoms with Crippen LogP contribution in [0.2, 0.25) is 0 Å². The van der Waals surface area contributed by atoms with Gasteiger partial charge in [0.15, 0.2) is 0 Å². The highest BCUT2D eigenvalue weighted by molar-refractivity contribution is 9.09. The van der Waals surface area contributed by atoms with E-state index >= 15 is 0 Å². The van der Waals surface area contributed by atoms with Crippen LogP contribution in [0.25, 0.3) is 0 Å². The third-order valence-corrected chi connectivity index (χ3v) is 2.12. The van der Waals surface area contributed by atoms with Gasteiger partial charge in [0.2, 0.25) is 0 Å². The fraction of sp³-hybridized carbons (Fsp3) is 0.889. The normalized spacial score (nSPS) is 11.3. The number of halogens is 1. The minimum Gasteiger partial charge on any atom is -0.464 e. The quantitative estimate of drug-likeness (QED) is 0.542. The van der Waals surface area contributed by atoms with Crippen LogP contribution in [0.5, 0.6) is 0 Å². The Bertz CT molecular complexity index is 143. The number of carbonyl (C=O) groups is 1. The Morgan fingerprint density at radius 1 is 1.50 bits per heavy atom. The standard InChI is InChI=1S/C9H17BrO2/c1-4-5-9(2,3)7-12-8(11)6-10/h4-7H2,1-3H3. The van der Waals surface area contributed by atoms with E-state index in [2.05, 4.69) is 36.7 Å². The summed E-state index contributed by atoms with van der Waals surface area (Å²) in [6.45, 7) is 6.87. The lowest BCUT2D eigenvalue weighted by molar-refractivity contribution is -0.143. The highest BCUT2D eigenvalue weighted by Crippen LogP contribution is 2.22. The minimum atomic E-state index is -0.181. The Morgan fingerprint density at radius 3 is 2.50 bits per heavy atom. The molecule has 0 aliphatic carbocycles. The summed E-state index contributed by atoms with van der Waals surface area (Å²) in [5.41, 5.74) is 0.118. The van der Waals surface area contributed by atoms with Gasteiger partial charge in [0.1, 0.15) is 5.33 Å². The molecule has 0 atom stereocenters. The molecular weight excluding hydrogens is 220 g/mol. The summed E-state index contributed by atoms with van der Waals surface area (Å²) in [6.07, 6.45) is 2.21. The predicted octanol–water partition coefficient (Wildman–Crippen LogP) is 2.75. The van der Waals surface area contributed by atoms with Gasteiger partial charge in [-0.25, -0.2) is 0 Å². The van der Waals surface area contributed by atoms with Crippen molar-refractivity contribution in [3.63, 3.8) is 0 Å². The smallest absolute Gasteiger partial charge is 0.316 e. The van der Waals surface area contributed by atoms with Crippen LogP contribution in [0.3, 0.4) is 0 Å². The maximum atomic E-state index is 10.8. The largest absolute Gasteiger partial charge is 0.464 e. The van der Waals surface area contributed by atoms with Crippen molar-refractivity contribution in [2.24, 2.45) is 5.41 Å². The average molecular weight is 237 g/mol. The van der Waals surface area contributed by atoms with Crippen LogP contribution < -0.4 is 0 Å². The zero-order valence-corrected chi connectivity index (χ0v) is 9.61. The first-order chi connectivity index (χ1) is 5.52. The highest BCUT2D eigenvalue weighted by atomic mass is 79.9. The second kappa shape index (κ2) is 5.57. The molecule has 0 fully saturated rings. The molecule has 2 nitrogen and oxygen atoms in total. The van der Waals surface area contributed by atoms with E-state index in [9.17, 15) is 4.79 Å². The lowest BCUT2D eigenvalue weighted by atomic mass is 9.89. The summed E-state index contributed by atoms with van der Waals surface area (Å²) in [5, 5.41) is 0.287. The summed E-state index contributed by atoms with van der Waals surface area (Å²) in [7, 11) is 0. The number of hydrogen-bond acceptors (Lipinski definition) is 2. The van der Waals surface area contributed by atoms with Crippen molar-refractivity contribution in [1.29, 1.82) is 0 Å². The topological polar surface area (TPSA) is 26.3 Å². The maximum absolute atomic E-state index is 10.8. The van der Waals surface area contributed by atoms with Gasteiger partial charge >= 0.3 is 5.97 Å². The van der Waals surface area contributed by atoms with Gasteiger partial charge in [-0.1, -0.05) is 43.1 Å². The first kappa shape index (κ1) is 11.9. The molecule has 0 heterocycles. The van der Waals surface area contributed by atoms with E-state index in [0.717, 1.165) is 12.8 Å². The molecule has 72 valence electrons. The van der Waals surface area contributed by atoms with Gasteiger partial charge in [-0.05, 0) is 11.8 Å². The molecule has 0 unspecified atom stereocenters. The Balaban J connectivity index is 3.67. The molecule has 0 amide bonds. The SMILES string of the molecule is CCCC(C)(C)COC(=O)CBr. The molecule has 0 saturated carbocycles. The number of alkyl halides is 1. The van der Waals surface area contributed by atoms with Crippen molar-refractivity contribution in [3.05, 3.63) is 0 Å². The van der Waals surface area contributed by atoms with Gasteiger partial charge in [-0.15, -0.1) is 0 Å². The molecule has 0 rings (SSSR count). The van der Waals surface area contributed by atoms with Crippen LogP contribution in [0.4, 0.5) is 0 Å². The van der Waals surface area contributed by atoms with Crippen LogP contribution in [0.15, 0.2) is 0 Å². The van der Waals surface area contributed by atoms with Gasteiger partial charge in [-0.3, -0.25) is 4.79 Å². The number of carbonyl (C=O) groups excluding carboxylic acids is 1. The summed E-state index contributed by atoms with van der Waals surface area (Å²) in [5.74, 6) is -0.181. The molecule has 0 N–H and O–H groups in total. The van der Waals surface area contributed by atoms with E-state index in [1.807, 2.05) is 0 Å². The Hall–Kier alpha value is -0.0500. The van der Waals surface area contributed by atoms with Crippen molar-refractivity contribution in [1.82, 2.24) is 0 Å². The second-order valence-corrected chi connectivity index (χ2v) is 4.27. The van der Waals surface area contributed by atoms with Crippen molar-refractivity contribution in [2.45, 2.75) is 33.6 Å². The summed E-state index contributed by atoms with van der Waals surface area (Å²) in [4.78, 5) is 10.8. The van der Waals surface area contributed by atoms with Crippen LogP contribution in [0.1, 0.15) is 33.6 Å². The van der Waals surface area contributed by atoms with Crippen molar-refractivity contribution < 1.29 is 9.53 Å². The molecule has 0 aromatic heterocycles. The lowest BCUT2D eigenvalue weighted by Gasteiger charge is -2.22. The first-order valence-corrected chi connectivity index (χ1v) is 5.35. The monoisotopic (exact) mass is 236 g/mol. The first-order valence-electron chi connectivity index (χ1n) is 4.23. The van der Waals surface area contributed by atoms with Crippen molar-refractivity contribution in [2.75, 3.05) is 11.9 Å². The van der Waals surface area contributed by atoms with Crippen molar-refractivity contribution >= 4 is 21.9 Å².